The van der Waals surface area contributed by atoms with E-state index in [9.17, 15) is 4.79 Å². The molecule has 1 N–H and O–H groups in total. The van der Waals surface area contributed by atoms with Crippen LogP contribution in [0.2, 0.25) is 5.02 Å². The fourth-order valence-corrected chi connectivity index (χ4v) is 5.49. The average Bonchev–Trinajstić information content (AvgIpc) is 3.17. The molecule has 1 saturated heterocycles. The highest BCUT2D eigenvalue weighted by Crippen LogP contribution is 2.36. The van der Waals surface area contributed by atoms with E-state index >= 15 is 0 Å². The third-order valence-corrected chi connectivity index (χ3v) is 7.16. The van der Waals surface area contributed by atoms with Crippen LogP contribution in [0.4, 0.5) is 0 Å². The average molecular weight is 423 g/mol. The third-order valence-electron chi connectivity index (χ3n) is 6.92. The summed E-state index contributed by atoms with van der Waals surface area (Å²) in [6.07, 6.45) is 3.91. The van der Waals surface area contributed by atoms with Crippen LogP contribution in [0, 0.1) is 11.8 Å². The quantitative estimate of drug-likeness (QED) is 0.678. The normalized spacial score (nSPS) is 21.8. The Morgan fingerprint density at radius 3 is 2.37 bits per heavy atom. The van der Waals surface area contributed by atoms with Crippen LogP contribution in [-0.2, 0) is 24.2 Å². The van der Waals surface area contributed by atoms with Crippen molar-refractivity contribution >= 4 is 17.5 Å². The van der Waals surface area contributed by atoms with Crippen LogP contribution in [0.25, 0.3) is 0 Å². The second-order valence-corrected chi connectivity index (χ2v) is 9.13. The van der Waals surface area contributed by atoms with Crippen molar-refractivity contribution in [2.45, 2.75) is 58.2 Å². The Labute approximate surface area is 185 Å². The second kappa shape index (κ2) is 8.85. The molecule has 0 saturated carbocycles. The van der Waals surface area contributed by atoms with Gasteiger partial charge in [0.15, 0.2) is 0 Å². The zero-order valence-corrected chi connectivity index (χ0v) is 18.7. The van der Waals surface area contributed by atoms with E-state index in [4.69, 9.17) is 11.6 Å². The number of halogens is 1. The molecule has 2 aromatic carbocycles. The maximum atomic E-state index is 13.4. The molecule has 4 rings (SSSR count). The van der Waals surface area contributed by atoms with Crippen molar-refractivity contribution in [2.24, 2.45) is 11.8 Å². The summed E-state index contributed by atoms with van der Waals surface area (Å²) in [6, 6.07) is 16.3. The summed E-state index contributed by atoms with van der Waals surface area (Å²) >= 11 is 6.24. The molecule has 158 valence electrons. The first-order valence-electron chi connectivity index (χ1n) is 11.1. The largest absolute Gasteiger partial charge is 0.357 e. The fraction of sp³-hybridized carbons (Fsp3) is 0.423. The number of carbonyl (C=O) groups excluding carboxylic acids is 1. The van der Waals surface area contributed by atoms with Crippen molar-refractivity contribution in [2.75, 3.05) is 0 Å². The Balaban J connectivity index is 1.63. The lowest BCUT2D eigenvalue weighted by atomic mass is 9.85. The lowest BCUT2D eigenvalue weighted by molar-refractivity contribution is -0.132. The molecule has 2 aromatic rings. The summed E-state index contributed by atoms with van der Waals surface area (Å²) in [5, 5.41) is 4.09. The summed E-state index contributed by atoms with van der Waals surface area (Å²) in [5.74, 6) is 0.783. The Kier molecular flexibility index (Phi) is 6.19. The van der Waals surface area contributed by atoms with Crippen LogP contribution in [0.3, 0.4) is 0 Å². The van der Waals surface area contributed by atoms with Gasteiger partial charge in [-0.1, -0.05) is 81.3 Å². The standard InChI is InChI=1S/C26H31ClN2O/c1-4-19(5-2)25-26(30)28-24(22-14-20-10-6-7-11-21(20)15-22)17(3)29(25)16-18-9-8-12-23(27)13-18/h6-13,19,22,24-25H,3-5,14-16H2,1-2H3,(H,28,30)/t24-,25+/m0/s1. The molecule has 4 heteroatoms. The molecule has 1 aliphatic carbocycles. The molecule has 30 heavy (non-hydrogen) atoms. The lowest BCUT2D eigenvalue weighted by Crippen LogP contribution is -2.62. The molecule has 2 atom stereocenters. The minimum Gasteiger partial charge on any atom is -0.357 e. The van der Waals surface area contributed by atoms with E-state index in [1.807, 2.05) is 18.2 Å². The fourth-order valence-electron chi connectivity index (χ4n) is 5.27. The van der Waals surface area contributed by atoms with Gasteiger partial charge in [0, 0.05) is 17.3 Å². The van der Waals surface area contributed by atoms with Crippen molar-refractivity contribution in [3.8, 4) is 0 Å². The van der Waals surface area contributed by atoms with Crippen molar-refractivity contribution in [1.29, 1.82) is 0 Å². The maximum absolute atomic E-state index is 13.4. The molecule has 1 fully saturated rings. The summed E-state index contributed by atoms with van der Waals surface area (Å²) in [5.41, 5.74) is 4.94. The highest BCUT2D eigenvalue weighted by atomic mass is 35.5. The topological polar surface area (TPSA) is 32.3 Å². The summed E-state index contributed by atoms with van der Waals surface area (Å²) in [4.78, 5) is 15.6. The van der Waals surface area contributed by atoms with Gasteiger partial charge in [-0.25, -0.2) is 0 Å². The minimum atomic E-state index is -0.188. The van der Waals surface area contributed by atoms with Gasteiger partial charge < -0.3 is 10.2 Å². The molecule has 0 bridgehead atoms. The van der Waals surface area contributed by atoms with Gasteiger partial charge in [-0.2, -0.15) is 0 Å². The second-order valence-electron chi connectivity index (χ2n) is 8.69. The molecule has 0 spiro atoms. The molecule has 0 aromatic heterocycles. The third kappa shape index (κ3) is 4.00. The van der Waals surface area contributed by atoms with Gasteiger partial charge in [-0.05, 0) is 53.5 Å². The first-order valence-corrected chi connectivity index (χ1v) is 11.5. The summed E-state index contributed by atoms with van der Waals surface area (Å²) < 4.78 is 0. The summed E-state index contributed by atoms with van der Waals surface area (Å²) in [7, 11) is 0. The SMILES string of the molecule is C=C1[C@@H](C2Cc3ccccc3C2)NC(=O)[C@@H](C(CC)CC)N1Cc1cccc(Cl)c1. The Hall–Kier alpha value is -2.26. The van der Waals surface area contributed by atoms with E-state index in [2.05, 4.69) is 61.0 Å². The van der Waals surface area contributed by atoms with Gasteiger partial charge in [-0.15, -0.1) is 0 Å². The highest BCUT2D eigenvalue weighted by molar-refractivity contribution is 6.30. The van der Waals surface area contributed by atoms with Crippen molar-refractivity contribution in [3.05, 3.63) is 82.5 Å². The molecule has 3 nitrogen and oxygen atoms in total. The van der Waals surface area contributed by atoms with E-state index in [1.165, 1.54) is 11.1 Å². The molecule has 2 aliphatic rings. The zero-order valence-electron chi connectivity index (χ0n) is 17.9. The van der Waals surface area contributed by atoms with Gasteiger partial charge in [0.2, 0.25) is 5.91 Å². The number of nitrogens with zero attached hydrogens (tertiary/aromatic N) is 1. The van der Waals surface area contributed by atoms with Crippen LogP contribution >= 0.6 is 11.6 Å². The van der Waals surface area contributed by atoms with Crippen LogP contribution in [0.5, 0.6) is 0 Å². The Morgan fingerprint density at radius 1 is 1.10 bits per heavy atom. The maximum Gasteiger partial charge on any atom is 0.243 e. The van der Waals surface area contributed by atoms with Gasteiger partial charge in [0.05, 0.1) is 6.04 Å². The predicted octanol–water partition coefficient (Wildman–Crippen LogP) is 5.37. The van der Waals surface area contributed by atoms with E-state index in [1.54, 1.807) is 0 Å². The highest BCUT2D eigenvalue weighted by Gasteiger charge is 2.43. The first-order chi connectivity index (χ1) is 14.5. The van der Waals surface area contributed by atoms with E-state index in [0.717, 1.165) is 42.0 Å². The number of hydrogen-bond donors (Lipinski definition) is 1. The number of fused-ring (bicyclic) bond motifs is 1. The van der Waals surface area contributed by atoms with Gasteiger partial charge in [-0.3, -0.25) is 4.79 Å². The van der Waals surface area contributed by atoms with Gasteiger partial charge in [0.25, 0.3) is 0 Å². The van der Waals surface area contributed by atoms with Crippen molar-refractivity contribution in [3.63, 3.8) is 0 Å². The number of benzene rings is 2. The van der Waals surface area contributed by atoms with Crippen LogP contribution in [-0.4, -0.2) is 22.9 Å². The van der Waals surface area contributed by atoms with Crippen molar-refractivity contribution < 1.29 is 4.79 Å². The summed E-state index contributed by atoms with van der Waals surface area (Å²) in [6.45, 7) is 9.51. The molecule has 1 aliphatic heterocycles. The number of nitrogens with one attached hydrogen (secondary N) is 1. The predicted molar refractivity (Wildman–Crippen MR) is 123 cm³/mol. The van der Waals surface area contributed by atoms with Crippen LogP contribution in [0.15, 0.2) is 60.8 Å². The van der Waals surface area contributed by atoms with Crippen LogP contribution in [0.1, 0.15) is 43.4 Å². The minimum absolute atomic E-state index is 0.0327. The molecular weight excluding hydrogens is 392 g/mol. The monoisotopic (exact) mass is 422 g/mol. The lowest BCUT2D eigenvalue weighted by Gasteiger charge is -2.47. The number of piperazine rings is 1. The first kappa shape index (κ1) is 21.0. The zero-order chi connectivity index (χ0) is 21.3. The van der Waals surface area contributed by atoms with E-state index in [0.29, 0.717) is 18.4 Å². The molecule has 0 radical (unpaired) electrons. The van der Waals surface area contributed by atoms with Crippen LogP contribution < -0.4 is 5.32 Å². The Bertz CT molecular complexity index is 911. The van der Waals surface area contributed by atoms with Gasteiger partial charge in [0.1, 0.15) is 6.04 Å². The molecule has 1 heterocycles. The number of rotatable bonds is 6. The molecule has 1 amide bonds. The Morgan fingerprint density at radius 2 is 1.77 bits per heavy atom. The number of amides is 1. The van der Waals surface area contributed by atoms with E-state index < -0.39 is 0 Å². The smallest absolute Gasteiger partial charge is 0.243 e. The van der Waals surface area contributed by atoms with Gasteiger partial charge >= 0.3 is 0 Å². The van der Waals surface area contributed by atoms with E-state index in [-0.39, 0.29) is 18.0 Å². The van der Waals surface area contributed by atoms with Crippen molar-refractivity contribution in [1.82, 2.24) is 10.2 Å². The molecular formula is C26H31ClN2O. The number of hydrogen-bond acceptors (Lipinski definition) is 2. The number of carbonyl (C=O) groups is 1. The molecule has 0 unspecified atom stereocenters.